The molecule has 0 radical (unpaired) electrons. The SMILES string of the molecule is CC(C)=C1[C@@H](O)c2ccccc2OC[C@@H]2C[C@H]12. The molecule has 90 valence electrons. The molecule has 1 aromatic carbocycles. The zero-order chi connectivity index (χ0) is 12.0. The number of rotatable bonds is 0. The predicted octanol–water partition coefficient (Wildman–Crippen LogP) is 3.08. The van der Waals surface area contributed by atoms with Gasteiger partial charge in [0.15, 0.2) is 0 Å². The molecule has 2 heteroatoms. The molecule has 17 heavy (non-hydrogen) atoms. The lowest BCUT2D eigenvalue weighted by Gasteiger charge is -2.23. The molecule has 1 heterocycles. The normalized spacial score (nSPS) is 30.5. The van der Waals surface area contributed by atoms with Crippen molar-refractivity contribution in [2.45, 2.75) is 26.4 Å². The van der Waals surface area contributed by atoms with Gasteiger partial charge in [-0.05, 0) is 37.8 Å². The molecular weight excluding hydrogens is 212 g/mol. The number of para-hydroxylation sites is 1. The summed E-state index contributed by atoms with van der Waals surface area (Å²) in [6, 6.07) is 7.83. The van der Waals surface area contributed by atoms with Crippen LogP contribution in [0.25, 0.3) is 0 Å². The second kappa shape index (κ2) is 3.88. The number of hydrogen-bond acceptors (Lipinski definition) is 2. The summed E-state index contributed by atoms with van der Waals surface area (Å²) in [6.07, 6.45) is 0.664. The molecule has 0 amide bonds. The predicted molar refractivity (Wildman–Crippen MR) is 66.9 cm³/mol. The first-order valence-electron chi connectivity index (χ1n) is 6.25. The van der Waals surface area contributed by atoms with Crippen molar-refractivity contribution in [2.24, 2.45) is 11.8 Å². The van der Waals surface area contributed by atoms with Gasteiger partial charge in [-0.15, -0.1) is 0 Å². The quantitative estimate of drug-likeness (QED) is 0.694. The van der Waals surface area contributed by atoms with Crippen LogP contribution in [0.5, 0.6) is 5.75 Å². The molecule has 3 atom stereocenters. The summed E-state index contributed by atoms with van der Waals surface area (Å²) in [5, 5.41) is 10.6. The van der Waals surface area contributed by atoms with Crippen molar-refractivity contribution in [2.75, 3.05) is 6.61 Å². The summed E-state index contributed by atoms with van der Waals surface area (Å²) in [6.45, 7) is 4.98. The average Bonchev–Trinajstić information content (AvgIpc) is 3.03. The van der Waals surface area contributed by atoms with Crippen LogP contribution < -0.4 is 4.74 Å². The Bertz CT molecular complexity index is 472. The Morgan fingerprint density at radius 3 is 2.82 bits per heavy atom. The van der Waals surface area contributed by atoms with Gasteiger partial charge in [0.2, 0.25) is 0 Å². The van der Waals surface area contributed by atoms with Crippen molar-refractivity contribution in [3.8, 4) is 5.75 Å². The molecule has 2 aliphatic rings. The van der Waals surface area contributed by atoms with E-state index in [9.17, 15) is 5.11 Å². The fourth-order valence-corrected chi connectivity index (χ4v) is 2.86. The lowest BCUT2D eigenvalue weighted by molar-refractivity contribution is 0.186. The van der Waals surface area contributed by atoms with Crippen molar-refractivity contribution in [3.05, 3.63) is 41.0 Å². The van der Waals surface area contributed by atoms with Crippen LogP contribution in [0.4, 0.5) is 0 Å². The lowest BCUT2D eigenvalue weighted by Crippen LogP contribution is -2.14. The summed E-state index contributed by atoms with van der Waals surface area (Å²) in [5.74, 6) is 1.97. The molecule has 2 nitrogen and oxygen atoms in total. The molecule has 0 bridgehead atoms. The van der Waals surface area contributed by atoms with E-state index in [0.717, 1.165) is 24.3 Å². The molecule has 3 rings (SSSR count). The molecule has 0 aromatic heterocycles. The third kappa shape index (κ3) is 1.77. The minimum atomic E-state index is -0.494. The molecule has 1 fully saturated rings. The van der Waals surface area contributed by atoms with Crippen LogP contribution in [-0.2, 0) is 0 Å². The summed E-state index contributed by atoms with van der Waals surface area (Å²) in [4.78, 5) is 0. The van der Waals surface area contributed by atoms with E-state index in [1.165, 1.54) is 11.1 Å². The summed E-state index contributed by atoms with van der Waals surface area (Å²) in [5.41, 5.74) is 3.38. The fraction of sp³-hybridized carbons (Fsp3) is 0.467. The van der Waals surface area contributed by atoms with E-state index >= 15 is 0 Å². The zero-order valence-electron chi connectivity index (χ0n) is 10.3. The van der Waals surface area contributed by atoms with E-state index in [0.29, 0.717) is 11.8 Å². The van der Waals surface area contributed by atoms with Gasteiger partial charge in [0.1, 0.15) is 11.9 Å². The van der Waals surface area contributed by atoms with Crippen LogP contribution in [-0.4, -0.2) is 11.7 Å². The van der Waals surface area contributed by atoms with Gasteiger partial charge < -0.3 is 9.84 Å². The molecule has 0 unspecified atom stereocenters. The summed E-state index contributed by atoms with van der Waals surface area (Å²) < 4.78 is 5.80. The van der Waals surface area contributed by atoms with E-state index in [1.54, 1.807) is 0 Å². The van der Waals surface area contributed by atoms with Crippen LogP contribution in [0.2, 0.25) is 0 Å². The van der Waals surface area contributed by atoms with Gasteiger partial charge in [0.05, 0.1) is 6.61 Å². The largest absolute Gasteiger partial charge is 0.493 e. The second-order valence-electron chi connectivity index (χ2n) is 5.31. The Labute approximate surface area is 102 Å². The standard InChI is InChI=1S/C15H18O2/c1-9(2)14-12-7-10(12)8-17-13-6-4-3-5-11(13)15(14)16/h3-6,10,12,15-16H,7-8H2,1-2H3/t10-,12-,15-/m0/s1. The fourth-order valence-electron chi connectivity index (χ4n) is 2.86. The maximum Gasteiger partial charge on any atom is 0.125 e. The van der Waals surface area contributed by atoms with E-state index < -0.39 is 6.10 Å². The number of aliphatic hydroxyl groups is 1. The molecule has 1 saturated carbocycles. The molecule has 1 aromatic rings. The first kappa shape index (κ1) is 10.8. The van der Waals surface area contributed by atoms with Crippen LogP contribution in [0.1, 0.15) is 31.9 Å². The summed E-state index contributed by atoms with van der Waals surface area (Å²) in [7, 11) is 0. The average molecular weight is 230 g/mol. The van der Waals surface area contributed by atoms with E-state index in [2.05, 4.69) is 13.8 Å². The smallest absolute Gasteiger partial charge is 0.125 e. The highest BCUT2D eigenvalue weighted by Crippen LogP contribution is 2.52. The van der Waals surface area contributed by atoms with E-state index in [4.69, 9.17) is 4.74 Å². The Balaban J connectivity index is 2.09. The van der Waals surface area contributed by atoms with E-state index in [-0.39, 0.29) is 0 Å². The van der Waals surface area contributed by atoms with Crippen LogP contribution >= 0.6 is 0 Å². The zero-order valence-corrected chi connectivity index (χ0v) is 10.3. The Morgan fingerprint density at radius 2 is 2.06 bits per heavy atom. The number of ether oxygens (including phenoxy) is 1. The first-order valence-corrected chi connectivity index (χ1v) is 6.25. The van der Waals surface area contributed by atoms with Crippen molar-refractivity contribution in [1.82, 2.24) is 0 Å². The Hall–Kier alpha value is -1.28. The van der Waals surface area contributed by atoms with Gasteiger partial charge in [-0.2, -0.15) is 0 Å². The van der Waals surface area contributed by atoms with Gasteiger partial charge in [-0.25, -0.2) is 0 Å². The van der Waals surface area contributed by atoms with E-state index in [1.807, 2.05) is 24.3 Å². The number of hydrogen-bond donors (Lipinski definition) is 1. The molecule has 1 aliphatic carbocycles. The third-order valence-corrected chi connectivity index (χ3v) is 3.86. The van der Waals surface area contributed by atoms with Crippen LogP contribution in [0, 0.1) is 11.8 Å². The maximum atomic E-state index is 10.6. The number of benzene rings is 1. The second-order valence-corrected chi connectivity index (χ2v) is 5.31. The highest BCUT2D eigenvalue weighted by molar-refractivity contribution is 5.42. The summed E-state index contributed by atoms with van der Waals surface area (Å²) >= 11 is 0. The third-order valence-electron chi connectivity index (χ3n) is 3.86. The van der Waals surface area contributed by atoms with Gasteiger partial charge in [-0.1, -0.05) is 23.8 Å². The van der Waals surface area contributed by atoms with Gasteiger partial charge in [0, 0.05) is 11.5 Å². The van der Waals surface area contributed by atoms with Crippen LogP contribution in [0.15, 0.2) is 35.4 Å². The minimum absolute atomic E-state index is 0.494. The monoisotopic (exact) mass is 230 g/mol. The maximum absolute atomic E-state index is 10.6. The molecule has 1 N–H and O–H groups in total. The van der Waals surface area contributed by atoms with Gasteiger partial charge in [-0.3, -0.25) is 0 Å². The highest BCUT2D eigenvalue weighted by Gasteiger charge is 2.44. The number of allylic oxidation sites excluding steroid dienone is 1. The molecule has 0 spiro atoms. The van der Waals surface area contributed by atoms with Crippen molar-refractivity contribution in [1.29, 1.82) is 0 Å². The number of aliphatic hydroxyl groups excluding tert-OH is 1. The minimum Gasteiger partial charge on any atom is -0.493 e. The molecular formula is C15H18O2. The lowest BCUT2D eigenvalue weighted by atomic mass is 9.92. The van der Waals surface area contributed by atoms with Gasteiger partial charge >= 0.3 is 0 Å². The number of fused-ring (bicyclic) bond motifs is 2. The first-order chi connectivity index (χ1) is 8.18. The Morgan fingerprint density at radius 1 is 1.29 bits per heavy atom. The van der Waals surface area contributed by atoms with Crippen molar-refractivity contribution >= 4 is 0 Å². The van der Waals surface area contributed by atoms with Crippen molar-refractivity contribution < 1.29 is 9.84 Å². The highest BCUT2D eigenvalue weighted by atomic mass is 16.5. The molecule has 0 saturated heterocycles. The molecule has 1 aliphatic heterocycles. The van der Waals surface area contributed by atoms with Crippen LogP contribution in [0.3, 0.4) is 0 Å². The van der Waals surface area contributed by atoms with Crippen molar-refractivity contribution in [3.63, 3.8) is 0 Å². The topological polar surface area (TPSA) is 29.5 Å². The Kier molecular flexibility index (Phi) is 2.48. The van der Waals surface area contributed by atoms with Gasteiger partial charge in [0.25, 0.3) is 0 Å².